The fraction of sp³-hybridized carbons (Fsp3) is 0.333. The Labute approximate surface area is 189 Å². The third-order valence-corrected chi connectivity index (χ3v) is 7.48. The monoisotopic (exact) mass is 448 g/mol. The number of thiazole rings is 1. The number of carbonyl (C=O) groups is 3. The predicted molar refractivity (Wildman–Crippen MR) is 124 cm³/mol. The molecule has 2 fully saturated rings. The van der Waals surface area contributed by atoms with Crippen LogP contribution in [0.1, 0.15) is 24.8 Å². The van der Waals surface area contributed by atoms with Crippen LogP contribution in [0.3, 0.4) is 0 Å². The van der Waals surface area contributed by atoms with Gasteiger partial charge in [-0.05, 0) is 74.8 Å². The van der Waals surface area contributed by atoms with Crippen LogP contribution < -0.4 is 10.6 Å². The molecule has 2 saturated heterocycles. The van der Waals surface area contributed by atoms with Crippen molar-refractivity contribution < 1.29 is 14.4 Å². The zero-order chi connectivity index (χ0) is 22.4. The molecule has 5 rings (SSSR count). The molecule has 7 nitrogen and oxygen atoms in total. The average Bonchev–Trinajstić information content (AvgIpc) is 3.34. The van der Waals surface area contributed by atoms with Crippen molar-refractivity contribution in [3.05, 3.63) is 48.0 Å². The number of rotatable bonds is 4. The number of aromatic nitrogens is 1. The van der Waals surface area contributed by atoms with Crippen molar-refractivity contribution in [3.8, 4) is 10.6 Å². The number of fused-ring (bicyclic) bond motifs is 1. The van der Waals surface area contributed by atoms with E-state index in [1.807, 2.05) is 41.3 Å². The van der Waals surface area contributed by atoms with Gasteiger partial charge in [-0.3, -0.25) is 19.3 Å². The molecule has 3 amide bonds. The van der Waals surface area contributed by atoms with Crippen LogP contribution in [0.5, 0.6) is 0 Å². The van der Waals surface area contributed by atoms with E-state index >= 15 is 0 Å². The molecule has 0 bridgehead atoms. The lowest BCUT2D eigenvalue weighted by Crippen LogP contribution is -2.47. The van der Waals surface area contributed by atoms with E-state index in [-0.39, 0.29) is 30.1 Å². The summed E-state index contributed by atoms with van der Waals surface area (Å²) in [4.78, 5) is 45.2. The molecular formula is C24H24N4O3S. The van der Waals surface area contributed by atoms with Crippen LogP contribution in [0, 0.1) is 12.8 Å². The number of primary amides is 1. The fourth-order valence-electron chi connectivity index (χ4n) is 4.58. The van der Waals surface area contributed by atoms with Gasteiger partial charge in [-0.1, -0.05) is 6.07 Å². The first-order valence-electron chi connectivity index (χ1n) is 10.8. The number of piperidine rings is 1. The molecule has 8 heteroatoms. The summed E-state index contributed by atoms with van der Waals surface area (Å²) in [5.41, 5.74) is 9.10. The van der Waals surface area contributed by atoms with Crippen LogP contribution in [-0.4, -0.2) is 46.7 Å². The van der Waals surface area contributed by atoms with E-state index in [2.05, 4.69) is 13.0 Å². The molecule has 164 valence electrons. The van der Waals surface area contributed by atoms with Crippen LogP contribution in [0.15, 0.2) is 42.5 Å². The molecule has 2 aromatic carbocycles. The number of nitrogens with zero attached hydrogens (tertiary/aromatic N) is 3. The summed E-state index contributed by atoms with van der Waals surface area (Å²) in [6.07, 6.45) is 1.42. The highest BCUT2D eigenvalue weighted by atomic mass is 32.1. The molecule has 3 heterocycles. The highest BCUT2D eigenvalue weighted by Gasteiger charge is 2.43. The van der Waals surface area contributed by atoms with Gasteiger partial charge in [0.05, 0.1) is 28.4 Å². The van der Waals surface area contributed by atoms with Crippen LogP contribution >= 0.6 is 11.3 Å². The van der Waals surface area contributed by atoms with Gasteiger partial charge in [0, 0.05) is 11.5 Å². The van der Waals surface area contributed by atoms with Crippen LogP contribution in [0.4, 0.5) is 5.69 Å². The van der Waals surface area contributed by atoms with E-state index in [1.54, 1.807) is 11.3 Å². The number of anilines is 1. The van der Waals surface area contributed by atoms with Crippen LogP contribution in [0.25, 0.3) is 20.8 Å². The number of carbonyl (C=O) groups excluding carboxylic acids is 3. The van der Waals surface area contributed by atoms with E-state index in [0.717, 1.165) is 20.8 Å². The zero-order valence-corrected chi connectivity index (χ0v) is 18.6. The second-order valence-corrected chi connectivity index (χ2v) is 9.57. The van der Waals surface area contributed by atoms with Crippen LogP contribution in [0.2, 0.25) is 0 Å². The molecule has 2 aliphatic rings. The number of hydrogen-bond donors (Lipinski definition) is 1. The van der Waals surface area contributed by atoms with Crippen molar-refractivity contribution in [2.45, 2.75) is 32.2 Å². The van der Waals surface area contributed by atoms with Crippen molar-refractivity contribution in [1.82, 2.24) is 9.88 Å². The van der Waals surface area contributed by atoms with Gasteiger partial charge in [0.1, 0.15) is 5.01 Å². The molecule has 0 radical (unpaired) electrons. The molecule has 2 N–H and O–H groups in total. The third kappa shape index (κ3) is 3.69. The lowest BCUT2D eigenvalue weighted by Gasteiger charge is -2.33. The molecule has 0 saturated carbocycles. The van der Waals surface area contributed by atoms with E-state index in [0.29, 0.717) is 31.6 Å². The number of amides is 3. The number of nitrogens with two attached hydrogens (primary N) is 1. The summed E-state index contributed by atoms with van der Waals surface area (Å²) >= 11 is 1.63. The zero-order valence-electron chi connectivity index (χ0n) is 17.8. The molecule has 32 heavy (non-hydrogen) atoms. The van der Waals surface area contributed by atoms with E-state index in [9.17, 15) is 14.4 Å². The Morgan fingerprint density at radius 1 is 1.09 bits per heavy atom. The summed E-state index contributed by atoms with van der Waals surface area (Å²) in [7, 11) is 0. The standard InChI is InChI=1S/C24H24N4O3S/c1-14-2-7-18-20(12-14)32-23(26-18)16-3-5-17(6-4-16)28-21(29)13-19(24(28)31)27-10-8-15(9-11-27)22(25)30/h2-7,12,15,19H,8-11,13H2,1H3,(H2,25,30)/t19-/m0/s1. The highest BCUT2D eigenvalue weighted by Crippen LogP contribution is 2.33. The molecule has 1 aromatic heterocycles. The third-order valence-electron chi connectivity index (χ3n) is 6.41. The summed E-state index contributed by atoms with van der Waals surface area (Å²) < 4.78 is 1.14. The molecule has 0 spiro atoms. The number of benzene rings is 2. The Hall–Kier alpha value is -3.10. The SMILES string of the molecule is Cc1ccc2nc(-c3ccc(N4C(=O)C[C@H](N5CCC(C(N)=O)CC5)C4=O)cc3)sc2c1. The first-order chi connectivity index (χ1) is 15.4. The fourth-order valence-corrected chi connectivity index (χ4v) is 5.65. The van der Waals surface area contributed by atoms with Gasteiger partial charge in [-0.2, -0.15) is 0 Å². The summed E-state index contributed by atoms with van der Waals surface area (Å²) in [5.74, 6) is -0.826. The van der Waals surface area contributed by atoms with E-state index in [1.165, 1.54) is 10.5 Å². The minimum absolute atomic E-state index is 0.145. The molecule has 2 aliphatic heterocycles. The van der Waals surface area contributed by atoms with Crippen molar-refractivity contribution in [3.63, 3.8) is 0 Å². The van der Waals surface area contributed by atoms with Crippen molar-refractivity contribution in [1.29, 1.82) is 0 Å². The van der Waals surface area contributed by atoms with Gasteiger partial charge in [0.15, 0.2) is 0 Å². The number of imide groups is 1. The van der Waals surface area contributed by atoms with Crippen molar-refractivity contribution >= 4 is 45.0 Å². The van der Waals surface area contributed by atoms with Gasteiger partial charge in [-0.25, -0.2) is 9.88 Å². The van der Waals surface area contributed by atoms with Gasteiger partial charge >= 0.3 is 0 Å². The Morgan fingerprint density at radius 3 is 2.50 bits per heavy atom. The second kappa shape index (κ2) is 8.11. The maximum absolute atomic E-state index is 13.1. The normalized spacial score (nSPS) is 20.4. The van der Waals surface area contributed by atoms with Crippen molar-refractivity contribution in [2.24, 2.45) is 11.7 Å². The quantitative estimate of drug-likeness (QED) is 0.619. The smallest absolute Gasteiger partial charge is 0.251 e. The maximum atomic E-state index is 13.1. The topological polar surface area (TPSA) is 96.6 Å². The molecule has 3 aromatic rings. The number of likely N-dealkylation sites (tertiary alicyclic amines) is 1. The Bertz CT molecular complexity index is 1210. The Morgan fingerprint density at radius 2 is 1.81 bits per heavy atom. The highest BCUT2D eigenvalue weighted by molar-refractivity contribution is 7.21. The first-order valence-corrected chi connectivity index (χ1v) is 11.6. The predicted octanol–water partition coefficient (Wildman–Crippen LogP) is 3.10. The number of hydrogen-bond acceptors (Lipinski definition) is 6. The first kappa shape index (κ1) is 20.8. The lowest BCUT2D eigenvalue weighted by atomic mass is 9.95. The van der Waals surface area contributed by atoms with Gasteiger partial charge in [-0.15, -0.1) is 11.3 Å². The van der Waals surface area contributed by atoms with Crippen LogP contribution in [-0.2, 0) is 14.4 Å². The Kier molecular flexibility index (Phi) is 5.27. The second-order valence-electron chi connectivity index (χ2n) is 8.54. The molecule has 0 unspecified atom stereocenters. The van der Waals surface area contributed by atoms with Gasteiger partial charge in [0.2, 0.25) is 11.8 Å². The van der Waals surface area contributed by atoms with E-state index in [4.69, 9.17) is 10.7 Å². The summed E-state index contributed by atoms with van der Waals surface area (Å²) in [6.45, 7) is 3.26. The minimum atomic E-state index is -0.469. The van der Waals surface area contributed by atoms with Gasteiger partial charge in [0.25, 0.3) is 5.91 Å². The van der Waals surface area contributed by atoms with E-state index < -0.39 is 6.04 Å². The number of aryl methyl sites for hydroxylation is 1. The summed E-state index contributed by atoms with van der Waals surface area (Å²) in [6, 6.07) is 13.2. The van der Waals surface area contributed by atoms with Crippen molar-refractivity contribution in [2.75, 3.05) is 18.0 Å². The summed E-state index contributed by atoms with van der Waals surface area (Å²) in [5, 5.41) is 0.909. The van der Waals surface area contributed by atoms with Gasteiger partial charge < -0.3 is 5.73 Å². The molecule has 0 aliphatic carbocycles. The maximum Gasteiger partial charge on any atom is 0.251 e. The average molecular weight is 449 g/mol. The largest absolute Gasteiger partial charge is 0.369 e. The molecular weight excluding hydrogens is 424 g/mol. The molecule has 1 atom stereocenters. The Balaban J connectivity index is 1.33. The lowest BCUT2D eigenvalue weighted by molar-refractivity contribution is -0.124. The minimum Gasteiger partial charge on any atom is -0.369 e.